The Morgan fingerprint density at radius 3 is 2.00 bits per heavy atom. The minimum absolute atomic E-state index is 0.790. The van der Waals surface area contributed by atoms with Crippen LogP contribution in [0.4, 0.5) is 0 Å². The van der Waals surface area contributed by atoms with Gasteiger partial charge < -0.3 is 5.32 Å². The van der Waals surface area contributed by atoms with Crippen molar-refractivity contribution in [2.75, 3.05) is 6.54 Å². The number of pyridine rings is 1. The van der Waals surface area contributed by atoms with Crippen LogP contribution in [0.3, 0.4) is 0 Å². The Labute approximate surface area is 127 Å². The molecule has 2 aromatic heterocycles. The summed E-state index contributed by atoms with van der Waals surface area (Å²) in [6, 6.07) is 4.08. The zero-order chi connectivity index (χ0) is 15.4. The molecule has 0 saturated carbocycles. The molecular weight excluding hydrogens is 260 g/mol. The maximum Gasteiger partial charge on any atom is 0.159 e. The standard InChI is InChI=1S/C17H24N4/c1-6-7-18-10-16-13(4)20-17(21-14(16)5)15-8-11(2)19-12(3)9-15/h8-9,18H,6-7,10H2,1-5H3. The quantitative estimate of drug-likeness (QED) is 0.856. The molecule has 0 aliphatic heterocycles. The van der Waals surface area contributed by atoms with Gasteiger partial charge in [-0.1, -0.05) is 6.92 Å². The molecule has 0 fully saturated rings. The summed E-state index contributed by atoms with van der Waals surface area (Å²) in [5.41, 5.74) is 6.34. The third-order valence-electron chi connectivity index (χ3n) is 3.49. The van der Waals surface area contributed by atoms with Gasteiger partial charge in [-0.15, -0.1) is 0 Å². The third kappa shape index (κ3) is 3.85. The lowest BCUT2D eigenvalue weighted by atomic mass is 10.1. The van der Waals surface area contributed by atoms with Gasteiger partial charge in [-0.25, -0.2) is 9.97 Å². The Hall–Kier alpha value is -1.81. The highest BCUT2D eigenvalue weighted by atomic mass is 14.9. The van der Waals surface area contributed by atoms with E-state index in [2.05, 4.69) is 41.0 Å². The first-order valence-electron chi connectivity index (χ1n) is 7.51. The Bertz CT molecular complexity index is 591. The summed E-state index contributed by atoms with van der Waals surface area (Å²) in [7, 11) is 0. The van der Waals surface area contributed by atoms with Crippen molar-refractivity contribution in [2.24, 2.45) is 0 Å². The van der Waals surface area contributed by atoms with Gasteiger partial charge in [0.1, 0.15) is 0 Å². The van der Waals surface area contributed by atoms with Crippen LogP contribution < -0.4 is 5.32 Å². The van der Waals surface area contributed by atoms with Crippen molar-refractivity contribution in [1.29, 1.82) is 0 Å². The van der Waals surface area contributed by atoms with E-state index in [9.17, 15) is 0 Å². The van der Waals surface area contributed by atoms with Gasteiger partial charge in [-0.3, -0.25) is 4.98 Å². The number of hydrogen-bond donors (Lipinski definition) is 1. The Morgan fingerprint density at radius 1 is 0.905 bits per heavy atom. The van der Waals surface area contributed by atoms with Crippen molar-refractivity contribution >= 4 is 0 Å². The molecule has 0 aliphatic rings. The van der Waals surface area contributed by atoms with Crippen LogP contribution in [0.5, 0.6) is 0 Å². The fourth-order valence-electron chi connectivity index (χ4n) is 2.48. The highest BCUT2D eigenvalue weighted by Gasteiger charge is 2.10. The lowest BCUT2D eigenvalue weighted by Gasteiger charge is -2.12. The molecule has 0 radical (unpaired) electrons. The lowest BCUT2D eigenvalue weighted by Crippen LogP contribution is -2.17. The van der Waals surface area contributed by atoms with E-state index in [4.69, 9.17) is 0 Å². The monoisotopic (exact) mass is 284 g/mol. The highest BCUT2D eigenvalue weighted by Crippen LogP contribution is 2.20. The molecule has 2 heterocycles. The Morgan fingerprint density at radius 2 is 1.48 bits per heavy atom. The molecule has 0 aliphatic carbocycles. The van der Waals surface area contributed by atoms with E-state index < -0.39 is 0 Å². The van der Waals surface area contributed by atoms with Crippen molar-refractivity contribution in [3.8, 4) is 11.4 Å². The number of aromatic nitrogens is 3. The van der Waals surface area contributed by atoms with Crippen LogP contribution in [-0.2, 0) is 6.54 Å². The number of rotatable bonds is 5. The van der Waals surface area contributed by atoms with Crippen LogP contribution in [-0.4, -0.2) is 21.5 Å². The Balaban J connectivity index is 2.34. The molecule has 0 saturated heterocycles. The Kier molecular flexibility index (Phi) is 5.02. The second kappa shape index (κ2) is 6.76. The third-order valence-corrected chi connectivity index (χ3v) is 3.49. The first-order valence-corrected chi connectivity index (χ1v) is 7.51. The fourth-order valence-corrected chi connectivity index (χ4v) is 2.48. The van der Waals surface area contributed by atoms with Crippen molar-refractivity contribution in [3.05, 3.63) is 40.5 Å². The van der Waals surface area contributed by atoms with Crippen LogP contribution in [0.1, 0.15) is 41.7 Å². The normalized spacial score (nSPS) is 10.9. The topological polar surface area (TPSA) is 50.7 Å². The largest absolute Gasteiger partial charge is 0.313 e. The van der Waals surface area contributed by atoms with E-state index in [1.807, 2.05) is 26.0 Å². The summed E-state index contributed by atoms with van der Waals surface area (Å²) in [4.78, 5) is 13.8. The molecule has 0 atom stereocenters. The molecule has 2 rings (SSSR count). The van der Waals surface area contributed by atoms with Crippen LogP contribution in [0.2, 0.25) is 0 Å². The van der Waals surface area contributed by atoms with Gasteiger partial charge in [0.25, 0.3) is 0 Å². The van der Waals surface area contributed by atoms with E-state index in [1.165, 1.54) is 5.56 Å². The van der Waals surface area contributed by atoms with E-state index in [-0.39, 0.29) is 0 Å². The minimum Gasteiger partial charge on any atom is -0.313 e. The average molecular weight is 284 g/mol. The van der Waals surface area contributed by atoms with E-state index in [0.717, 1.165) is 53.7 Å². The van der Waals surface area contributed by atoms with Crippen LogP contribution in [0.15, 0.2) is 12.1 Å². The molecule has 0 aromatic carbocycles. The lowest BCUT2D eigenvalue weighted by molar-refractivity contribution is 0.665. The average Bonchev–Trinajstić information content (AvgIpc) is 2.40. The van der Waals surface area contributed by atoms with E-state index in [1.54, 1.807) is 0 Å². The first-order chi connectivity index (χ1) is 10.0. The maximum absolute atomic E-state index is 4.69. The SMILES string of the molecule is CCCNCc1c(C)nc(-c2cc(C)nc(C)c2)nc1C. The number of hydrogen-bond acceptors (Lipinski definition) is 4. The number of nitrogens with one attached hydrogen (secondary N) is 1. The molecule has 1 N–H and O–H groups in total. The van der Waals surface area contributed by atoms with E-state index >= 15 is 0 Å². The van der Waals surface area contributed by atoms with Crippen LogP contribution in [0, 0.1) is 27.7 Å². The van der Waals surface area contributed by atoms with Gasteiger partial charge >= 0.3 is 0 Å². The van der Waals surface area contributed by atoms with Crippen LogP contribution >= 0.6 is 0 Å². The van der Waals surface area contributed by atoms with E-state index in [0.29, 0.717) is 0 Å². The van der Waals surface area contributed by atoms with Gasteiger partial charge in [0.15, 0.2) is 5.82 Å². The van der Waals surface area contributed by atoms with Crippen molar-refractivity contribution in [2.45, 2.75) is 47.6 Å². The second-order valence-electron chi connectivity index (χ2n) is 5.51. The van der Waals surface area contributed by atoms with Gasteiger partial charge in [-0.2, -0.15) is 0 Å². The summed E-state index contributed by atoms with van der Waals surface area (Å²) in [6.45, 7) is 12.1. The summed E-state index contributed by atoms with van der Waals surface area (Å²) in [5.74, 6) is 0.790. The van der Waals surface area contributed by atoms with Gasteiger partial charge in [0, 0.05) is 40.4 Å². The molecule has 21 heavy (non-hydrogen) atoms. The fraction of sp³-hybridized carbons (Fsp3) is 0.471. The van der Waals surface area contributed by atoms with Crippen molar-refractivity contribution < 1.29 is 0 Å². The van der Waals surface area contributed by atoms with Crippen molar-refractivity contribution in [3.63, 3.8) is 0 Å². The predicted molar refractivity (Wildman–Crippen MR) is 86.2 cm³/mol. The van der Waals surface area contributed by atoms with Gasteiger partial charge in [-0.05, 0) is 52.8 Å². The molecule has 4 nitrogen and oxygen atoms in total. The van der Waals surface area contributed by atoms with Crippen LogP contribution in [0.25, 0.3) is 11.4 Å². The molecule has 0 amide bonds. The summed E-state index contributed by atoms with van der Waals surface area (Å²) in [5, 5.41) is 3.42. The predicted octanol–water partition coefficient (Wildman–Crippen LogP) is 3.27. The number of nitrogens with zero attached hydrogens (tertiary/aromatic N) is 3. The first kappa shape index (κ1) is 15.6. The summed E-state index contributed by atoms with van der Waals surface area (Å²) in [6.07, 6.45) is 1.13. The molecular formula is C17H24N4. The zero-order valence-electron chi connectivity index (χ0n) is 13.6. The van der Waals surface area contributed by atoms with Gasteiger partial charge in [0.2, 0.25) is 0 Å². The molecule has 2 aromatic rings. The molecule has 0 bridgehead atoms. The second-order valence-corrected chi connectivity index (χ2v) is 5.51. The molecule has 112 valence electrons. The molecule has 0 spiro atoms. The number of aryl methyl sites for hydroxylation is 4. The molecule has 0 unspecified atom stereocenters. The highest BCUT2D eigenvalue weighted by molar-refractivity contribution is 5.56. The minimum atomic E-state index is 0.790. The van der Waals surface area contributed by atoms with Gasteiger partial charge in [0.05, 0.1) is 0 Å². The van der Waals surface area contributed by atoms with Crippen molar-refractivity contribution in [1.82, 2.24) is 20.3 Å². The summed E-state index contributed by atoms with van der Waals surface area (Å²) >= 11 is 0. The molecule has 4 heteroatoms. The summed E-state index contributed by atoms with van der Waals surface area (Å²) < 4.78 is 0. The smallest absolute Gasteiger partial charge is 0.159 e. The zero-order valence-corrected chi connectivity index (χ0v) is 13.6. The maximum atomic E-state index is 4.69.